The first-order valence-corrected chi connectivity index (χ1v) is 10.3. The minimum atomic E-state index is -0.840. The second-order valence-corrected chi connectivity index (χ2v) is 7.68. The molecule has 2 N–H and O–H groups in total. The lowest BCUT2D eigenvalue weighted by molar-refractivity contribution is -0.123. The summed E-state index contributed by atoms with van der Waals surface area (Å²) in [5, 5.41) is 18.9. The summed E-state index contributed by atoms with van der Waals surface area (Å²) >= 11 is 0. The summed E-state index contributed by atoms with van der Waals surface area (Å²) in [5.74, 6) is -0.277. The number of nitrogens with one attached hydrogen (secondary N) is 1. The number of fused-ring (bicyclic) bond motifs is 2. The molecule has 0 aliphatic carbocycles. The van der Waals surface area contributed by atoms with E-state index in [1.54, 1.807) is 11.0 Å². The smallest absolute Gasteiger partial charge is 0.290 e. The number of anilines is 1. The number of carboxylic acid groups (broad SMARTS) is 1. The second kappa shape index (κ2) is 8.93. The van der Waals surface area contributed by atoms with E-state index in [0.29, 0.717) is 18.5 Å². The fourth-order valence-corrected chi connectivity index (χ4v) is 4.76. The molecule has 2 aliphatic rings. The van der Waals surface area contributed by atoms with Crippen LogP contribution in [-0.4, -0.2) is 39.8 Å². The number of nitrogens with zero attached hydrogens (tertiary/aromatic N) is 3. The molecule has 5 rings (SSSR count). The van der Waals surface area contributed by atoms with Crippen molar-refractivity contribution in [1.29, 1.82) is 5.26 Å². The number of rotatable bonds is 2. The van der Waals surface area contributed by atoms with Gasteiger partial charge < -0.3 is 15.3 Å². The number of likely N-dealkylation sites (tertiary alicyclic amines) is 1. The van der Waals surface area contributed by atoms with Crippen LogP contribution in [0.25, 0.3) is 0 Å². The van der Waals surface area contributed by atoms with Crippen LogP contribution in [-0.2, 0) is 15.0 Å². The van der Waals surface area contributed by atoms with Crippen LogP contribution in [0.1, 0.15) is 39.6 Å². The molecule has 164 valence electrons. The van der Waals surface area contributed by atoms with Crippen molar-refractivity contribution < 1.29 is 19.5 Å². The van der Waals surface area contributed by atoms with Gasteiger partial charge in [-0.2, -0.15) is 5.26 Å². The molecule has 0 radical (unpaired) electrons. The highest BCUT2D eigenvalue weighted by Gasteiger charge is 2.59. The van der Waals surface area contributed by atoms with Gasteiger partial charge >= 0.3 is 0 Å². The van der Waals surface area contributed by atoms with Gasteiger partial charge in [0.25, 0.3) is 12.4 Å². The van der Waals surface area contributed by atoms with Crippen molar-refractivity contribution in [1.82, 2.24) is 9.88 Å². The molecule has 2 amide bonds. The van der Waals surface area contributed by atoms with Crippen molar-refractivity contribution in [3.05, 3.63) is 95.3 Å². The number of para-hydroxylation sites is 1. The van der Waals surface area contributed by atoms with E-state index in [1.165, 1.54) is 12.3 Å². The molecule has 0 saturated carbocycles. The van der Waals surface area contributed by atoms with Crippen LogP contribution >= 0.6 is 0 Å². The maximum atomic E-state index is 13.5. The van der Waals surface area contributed by atoms with Gasteiger partial charge in [0.15, 0.2) is 0 Å². The molecule has 0 unspecified atom stereocenters. The average Bonchev–Trinajstić information content (AvgIpc) is 3.39. The first-order valence-electron chi connectivity index (χ1n) is 10.3. The minimum absolute atomic E-state index is 0.0780. The molecule has 33 heavy (non-hydrogen) atoms. The van der Waals surface area contributed by atoms with E-state index in [1.807, 2.05) is 60.7 Å². The maximum Gasteiger partial charge on any atom is 0.290 e. The van der Waals surface area contributed by atoms with Gasteiger partial charge in [-0.3, -0.25) is 14.4 Å². The average molecular weight is 440 g/mol. The number of hydrogen-bond acceptors (Lipinski definition) is 5. The zero-order valence-corrected chi connectivity index (χ0v) is 17.5. The highest BCUT2D eigenvalue weighted by Crippen LogP contribution is 2.54. The fraction of sp³-hybridized carbons (Fsp3) is 0.160. The van der Waals surface area contributed by atoms with Crippen LogP contribution in [0.15, 0.2) is 72.9 Å². The van der Waals surface area contributed by atoms with Gasteiger partial charge in [-0.1, -0.05) is 48.5 Å². The SMILES string of the molecule is N#Cc1ccc(C(=O)N2CC[C@]3(C(=O)Nc4ccccc43)[C@@H]2c2ccccc2)cn1.O=CO. The summed E-state index contributed by atoms with van der Waals surface area (Å²) in [6.45, 7) is 0.195. The zero-order chi connectivity index (χ0) is 23.4. The van der Waals surface area contributed by atoms with Crippen molar-refractivity contribution in [3.63, 3.8) is 0 Å². The van der Waals surface area contributed by atoms with Gasteiger partial charge in [0, 0.05) is 18.4 Å². The summed E-state index contributed by atoms with van der Waals surface area (Å²) in [6, 6.07) is 22.1. The monoisotopic (exact) mass is 440 g/mol. The van der Waals surface area contributed by atoms with Gasteiger partial charge in [0.2, 0.25) is 5.91 Å². The van der Waals surface area contributed by atoms with Crippen LogP contribution in [0.3, 0.4) is 0 Å². The van der Waals surface area contributed by atoms with Crippen LogP contribution in [0.5, 0.6) is 0 Å². The molecule has 3 aromatic rings. The third-order valence-electron chi connectivity index (χ3n) is 6.09. The zero-order valence-electron chi connectivity index (χ0n) is 17.5. The maximum absolute atomic E-state index is 13.5. The summed E-state index contributed by atoms with van der Waals surface area (Å²) in [7, 11) is 0. The quantitative estimate of drug-likeness (QED) is 0.590. The second-order valence-electron chi connectivity index (χ2n) is 7.68. The summed E-state index contributed by atoms with van der Waals surface area (Å²) < 4.78 is 0. The summed E-state index contributed by atoms with van der Waals surface area (Å²) in [5.41, 5.74) is 2.46. The van der Waals surface area contributed by atoms with E-state index in [0.717, 1.165) is 16.8 Å². The van der Waals surface area contributed by atoms with Crippen LogP contribution in [0, 0.1) is 11.3 Å². The molecule has 8 nitrogen and oxygen atoms in total. The molecule has 1 aromatic heterocycles. The molecule has 3 heterocycles. The Morgan fingerprint density at radius 2 is 1.85 bits per heavy atom. The Labute approximate surface area is 190 Å². The molecular weight excluding hydrogens is 420 g/mol. The van der Waals surface area contributed by atoms with E-state index in [9.17, 15) is 9.59 Å². The number of aromatic nitrogens is 1. The Bertz CT molecular complexity index is 1240. The Morgan fingerprint density at radius 1 is 1.15 bits per heavy atom. The molecule has 1 spiro atoms. The lowest BCUT2D eigenvalue weighted by Gasteiger charge is -2.34. The molecule has 1 saturated heterocycles. The highest BCUT2D eigenvalue weighted by atomic mass is 16.3. The highest BCUT2D eigenvalue weighted by molar-refractivity contribution is 6.08. The normalized spacial score (nSPS) is 20.3. The van der Waals surface area contributed by atoms with E-state index < -0.39 is 11.5 Å². The Hall–Kier alpha value is -4.51. The standard InChI is InChI=1S/C24H18N4O2.CH2O2/c25-14-18-11-10-17(15-26-18)22(29)28-13-12-24(21(28)16-6-2-1-3-7-16)19-8-4-5-9-20(19)27-23(24)30;2-1-3/h1-11,15,21H,12-13H2,(H,27,30);1H,(H,2,3)/t21-,24+;/m0./s1. The predicted molar refractivity (Wildman–Crippen MR) is 119 cm³/mol. The van der Waals surface area contributed by atoms with E-state index in [4.69, 9.17) is 15.2 Å². The van der Waals surface area contributed by atoms with Crippen molar-refractivity contribution in [2.45, 2.75) is 17.9 Å². The Morgan fingerprint density at radius 3 is 2.52 bits per heavy atom. The number of nitriles is 1. The van der Waals surface area contributed by atoms with Crippen molar-refractivity contribution in [2.75, 3.05) is 11.9 Å². The molecule has 0 bridgehead atoms. The lowest BCUT2D eigenvalue weighted by atomic mass is 9.72. The van der Waals surface area contributed by atoms with Gasteiger partial charge in [0.05, 0.1) is 11.6 Å². The van der Waals surface area contributed by atoms with Crippen LogP contribution in [0.2, 0.25) is 0 Å². The van der Waals surface area contributed by atoms with Gasteiger partial charge in [-0.05, 0) is 35.7 Å². The van der Waals surface area contributed by atoms with E-state index >= 15 is 0 Å². The number of carbonyl (C=O) groups is 3. The number of pyridine rings is 1. The number of hydrogen-bond donors (Lipinski definition) is 2. The van der Waals surface area contributed by atoms with E-state index in [-0.39, 0.29) is 24.0 Å². The lowest BCUT2D eigenvalue weighted by Crippen LogP contribution is -2.42. The van der Waals surface area contributed by atoms with Gasteiger partial charge in [-0.15, -0.1) is 0 Å². The Kier molecular flexibility index (Phi) is 5.87. The summed E-state index contributed by atoms with van der Waals surface area (Å²) in [6.07, 6.45) is 1.96. The molecular formula is C25H20N4O4. The number of carbonyl (C=O) groups excluding carboxylic acids is 2. The molecule has 2 atom stereocenters. The van der Waals surface area contributed by atoms with E-state index in [2.05, 4.69) is 10.3 Å². The number of benzene rings is 2. The molecule has 1 fully saturated rings. The molecule has 2 aliphatic heterocycles. The summed E-state index contributed by atoms with van der Waals surface area (Å²) in [4.78, 5) is 41.0. The van der Waals surface area contributed by atoms with Crippen molar-refractivity contribution in [2.24, 2.45) is 0 Å². The largest absolute Gasteiger partial charge is 0.483 e. The van der Waals surface area contributed by atoms with Crippen molar-refractivity contribution in [3.8, 4) is 6.07 Å². The minimum Gasteiger partial charge on any atom is -0.483 e. The van der Waals surface area contributed by atoms with Crippen molar-refractivity contribution >= 4 is 24.0 Å². The first-order chi connectivity index (χ1) is 16.1. The third kappa shape index (κ3) is 3.59. The molecule has 2 aromatic carbocycles. The number of amides is 2. The van der Waals surface area contributed by atoms with Crippen LogP contribution < -0.4 is 5.32 Å². The van der Waals surface area contributed by atoms with Gasteiger partial charge in [0.1, 0.15) is 17.2 Å². The Balaban J connectivity index is 0.000000821. The molecule has 8 heteroatoms. The fourth-order valence-electron chi connectivity index (χ4n) is 4.76. The third-order valence-corrected chi connectivity index (χ3v) is 6.09. The van der Waals surface area contributed by atoms with Crippen LogP contribution in [0.4, 0.5) is 5.69 Å². The predicted octanol–water partition coefficient (Wildman–Crippen LogP) is 3.13. The first kappa shape index (κ1) is 21.7. The topological polar surface area (TPSA) is 123 Å². The van der Waals surface area contributed by atoms with Gasteiger partial charge in [-0.25, -0.2) is 4.98 Å².